The average molecular weight is 349 g/mol. The van der Waals surface area contributed by atoms with Crippen molar-refractivity contribution in [2.45, 2.75) is 33.1 Å². The number of nitrogens with one attached hydrogen (secondary N) is 2. The summed E-state index contributed by atoms with van der Waals surface area (Å²) in [5.74, 6) is -0.0657. The molecule has 0 radical (unpaired) electrons. The Hall–Kier alpha value is -2.75. The standard InChI is InChI=1S/C22H27N3O/c1-3-5-15-25(14-4-2)18-12-10-17(11-13-18)23-16-20-19-8-6-7-9-21(19)24-22(20)26/h6-13,16,23H,3-5,14-15H2,1-2H3,(H,24,26)/b20-16+. The van der Waals surface area contributed by atoms with Crippen LogP contribution in [0, 0.1) is 0 Å². The van der Waals surface area contributed by atoms with Gasteiger partial charge in [0.2, 0.25) is 0 Å². The zero-order valence-electron chi connectivity index (χ0n) is 15.6. The maximum absolute atomic E-state index is 12.1. The van der Waals surface area contributed by atoms with Crippen molar-refractivity contribution >= 4 is 28.5 Å². The molecule has 136 valence electrons. The van der Waals surface area contributed by atoms with Gasteiger partial charge >= 0.3 is 0 Å². The van der Waals surface area contributed by atoms with E-state index in [0.29, 0.717) is 5.57 Å². The molecule has 1 aliphatic rings. The van der Waals surface area contributed by atoms with E-state index in [-0.39, 0.29) is 5.91 Å². The normalized spacial score (nSPS) is 14.2. The number of nitrogens with zero attached hydrogens (tertiary/aromatic N) is 1. The second-order valence-electron chi connectivity index (χ2n) is 6.59. The molecule has 4 heteroatoms. The fourth-order valence-corrected chi connectivity index (χ4v) is 3.20. The number of rotatable bonds is 8. The SMILES string of the molecule is CCCCN(CCC)c1ccc(N/C=C2/C(=O)Nc3ccccc32)cc1. The minimum atomic E-state index is -0.0657. The van der Waals surface area contributed by atoms with Gasteiger partial charge in [-0.25, -0.2) is 0 Å². The molecule has 0 saturated heterocycles. The molecular weight excluding hydrogens is 322 g/mol. The summed E-state index contributed by atoms with van der Waals surface area (Å²) in [5.41, 5.74) is 4.70. The minimum absolute atomic E-state index is 0.0657. The van der Waals surface area contributed by atoms with Crippen LogP contribution >= 0.6 is 0 Å². The second-order valence-corrected chi connectivity index (χ2v) is 6.59. The highest BCUT2D eigenvalue weighted by molar-refractivity contribution is 6.31. The zero-order chi connectivity index (χ0) is 18.4. The topological polar surface area (TPSA) is 44.4 Å². The van der Waals surface area contributed by atoms with Gasteiger partial charge in [-0.2, -0.15) is 0 Å². The molecule has 0 bridgehead atoms. The number of amides is 1. The number of hydrogen-bond donors (Lipinski definition) is 2. The quantitative estimate of drug-likeness (QED) is 0.651. The number of unbranched alkanes of at least 4 members (excludes halogenated alkanes) is 1. The highest BCUT2D eigenvalue weighted by atomic mass is 16.2. The summed E-state index contributed by atoms with van der Waals surface area (Å²) in [4.78, 5) is 14.6. The molecular formula is C22H27N3O. The molecule has 0 aromatic heterocycles. The molecule has 4 nitrogen and oxygen atoms in total. The summed E-state index contributed by atoms with van der Waals surface area (Å²) in [7, 11) is 0. The summed E-state index contributed by atoms with van der Waals surface area (Å²) in [6, 6.07) is 16.2. The number of carbonyl (C=O) groups is 1. The smallest absolute Gasteiger partial charge is 0.257 e. The molecule has 0 atom stereocenters. The van der Waals surface area contributed by atoms with Gasteiger partial charge in [-0.1, -0.05) is 38.5 Å². The van der Waals surface area contributed by atoms with Crippen LogP contribution in [0.2, 0.25) is 0 Å². The van der Waals surface area contributed by atoms with E-state index in [9.17, 15) is 4.79 Å². The third-order valence-electron chi connectivity index (χ3n) is 4.60. The summed E-state index contributed by atoms with van der Waals surface area (Å²) < 4.78 is 0. The van der Waals surface area contributed by atoms with Crippen LogP contribution in [0.3, 0.4) is 0 Å². The Morgan fingerprint density at radius 3 is 2.50 bits per heavy atom. The molecule has 1 heterocycles. The van der Waals surface area contributed by atoms with Crippen LogP contribution in [-0.2, 0) is 4.79 Å². The zero-order valence-corrected chi connectivity index (χ0v) is 15.6. The van der Waals surface area contributed by atoms with Crippen LogP contribution in [0.1, 0.15) is 38.7 Å². The minimum Gasteiger partial charge on any atom is -0.372 e. The lowest BCUT2D eigenvalue weighted by atomic mass is 10.1. The van der Waals surface area contributed by atoms with Gasteiger partial charge in [0.05, 0.1) is 5.57 Å². The van der Waals surface area contributed by atoms with Gasteiger partial charge in [-0.3, -0.25) is 4.79 Å². The van der Waals surface area contributed by atoms with Crippen molar-refractivity contribution in [2.24, 2.45) is 0 Å². The number of fused-ring (bicyclic) bond motifs is 1. The van der Waals surface area contributed by atoms with Crippen molar-refractivity contribution < 1.29 is 4.79 Å². The van der Waals surface area contributed by atoms with Crippen molar-refractivity contribution in [2.75, 3.05) is 28.6 Å². The monoisotopic (exact) mass is 349 g/mol. The molecule has 1 amide bonds. The number of para-hydroxylation sites is 1. The first-order valence-electron chi connectivity index (χ1n) is 9.45. The van der Waals surface area contributed by atoms with Gasteiger partial charge in [-0.05, 0) is 43.2 Å². The maximum atomic E-state index is 12.1. The molecule has 0 aliphatic carbocycles. The highest BCUT2D eigenvalue weighted by Crippen LogP contribution is 2.31. The largest absolute Gasteiger partial charge is 0.372 e. The van der Waals surface area contributed by atoms with Crippen LogP contribution in [-0.4, -0.2) is 19.0 Å². The van der Waals surface area contributed by atoms with E-state index in [2.05, 4.69) is 53.6 Å². The number of anilines is 3. The van der Waals surface area contributed by atoms with E-state index in [1.54, 1.807) is 6.20 Å². The van der Waals surface area contributed by atoms with Crippen LogP contribution in [0.15, 0.2) is 54.7 Å². The van der Waals surface area contributed by atoms with Crippen LogP contribution < -0.4 is 15.5 Å². The Balaban J connectivity index is 1.70. The first kappa shape index (κ1) is 18.1. The van der Waals surface area contributed by atoms with Crippen molar-refractivity contribution in [3.8, 4) is 0 Å². The third-order valence-corrected chi connectivity index (χ3v) is 4.60. The number of hydrogen-bond acceptors (Lipinski definition) is 3. The van der Waals surface area contributed by atoms with Crippen LogP contribution in [0.5, 0.6) is 0 Å². The van der Waals surface area contributed by atoms with Crippen LogP contribution in [0.25, 0.3) is 5.57 Å². The lowest BCUT2D eigenvalue weighted by molar-refractivity contribution is -0.110. The molecule has 3 rings (SSSR count). The lowest BCUT2D eigenvalue weighted by Crippen LogP contribution is -2.25. The van der Waals surface area contributed by atoms with Crippen molar-refractivity contribution in [3.05, 3.63) is 60.3 Å². The number of carbonyl (C=O) groups excluding carboxylic acids is 1. The first-order chi connectivity index (χ1) is 12.7. The van der Waals surface area contributed by atoms with Crippen molar-refractivity contribution in [1.82, 2.24) is 0 Å². The average Bonchev–Trinajstić information content (AvgIpc) is 2.99. The van der Waals surface area contributed by atoms with Crippen molar-refractivity contribution in [3.63, 3.8) is 0 Å². The molecule has 26 heavy (non-hydrogen) atoms. The van der Waals surface area contributed by atoms with Crippen LogP contribution in [0.4, 0.5) is 17.1 Å². The Bertz CT molecular complexity index is 780. The lowest BCUT2D eigenvalue weighted by Gasteiger charge is -2.24. The predicted octanol–water partition coefficient (Wildman–Crippen LogP) is 5.11. The maximum Gasteiger partial charge on any atom is 0.257 e. The van der Waals surface area contributed by atoms with Gasteiger partial charge in [0.15, 0.2) is 0 Å². The molecule has 0 unspecified atom stereocenters. The van der Waals surface area contributed by atoms with E-state index < -0.39 is 0 Å². The second kappa shape index (κ2) is 8.56. The summed E-state index contributed by atoms with van der Waals surface area (Å²) in [6.45, 7) is 6.61. The Morgan fingerprint density at radius 1 is 1.00 bits per heavy atom. The molecule has 2 aromatic carbocycles. The van der Waals surface area contributed by atoms with Crippen molar-refractivity contribution in [1.29, 1.82) is 0 Å². The third kappa shape index (κ3) is 4.07. The molecule has 2 N–H and O–H groups in total. The fourth-order valence-electron chi connectivity index (χ4n) is 3.20. The molecule has 1 aliphatic heterocycles. The summed E-state index contributed by atoms with van der Waals surface area (Å²) in [5, 5.41) is 6.15. The van der Waals surface area contributed by atoms with E-state index in [0.717, 1.165) is 36.4 Å². The highest BCUT2D eigenvalue weighted by Gasteiger charge is 2.23. The number of benzene rings is 2. The van der Waals surface area contributed by atoms with E-state index >= 15 is 0 Å². The Morgan fingerprint density at radius 2 is 1.77 bits per heavy atom. The van der Waals surface area contributed by atoms with Gasteiger partial charge in [-0.15, -0.1) is 0 Å². The summed E-state index contributed by atoms with van der Waals surface area (Å²) >= 11 is 0. The molecule has 0 spiro atoms. The fraction of sp³-hybridized carbons (Fsp3) is 0.318. The molecule has 2 aromatic rings. The molecule has 0 saturated carbocycles. The van der Waals surface area contributed by atoms with E-state index in [1.807, 2.05) is 24.3 Å². The Labute approximate surface area is 155 Å². The van der Waals surface area contributed by atoms with E-state index in [1.165, 1.54) is 18.5 Å². The van der Waals surface area contributed by atoms with Gasteiger partial charge < -0.3 is 15.5 Å². The van der Waals surface area contributed by atoms with E-state index in [4.69, 9.17) is 0 Å². The van der Waals surface area contributed by atoms with Gasteiger partial charge in [0.1, 0.15) is 0 Å². The molecule has 0 fully saturated rings. The van der Waals surface area contributed by atoms with Gasteiger partial charge in [0.25, 0.3) is 5.91 Å². The van der Waals surface area contributed by atoms with Gasteiger partial charge in [0, 0.05) is 41.9 Å². The first-order valence-corrected chi connectivity index (χ1v) is 9.45. The predicted molar refractivity (Wildman–Crippen MR) is 111 cm³/mol. The Kier molecular flexibility index (Phi) is 5.95. The summed E-state index contributed by atoms with van der Waals surface area (Å²) in [6.07, 6.45) is 5.35.